The zero-order valence-corrected chi connectivity index (χ0v) is 11.9. The third-order valence-electron chi connectivity index (χ3n) is 3.49. The fourth-order valence-electron chi connectivity index (χ4n) is 2.36. The SMILES string of the molecule is Cc1cccc(OCCN2CCN(CC(=O)O)CC2)c1. The van der Waals surface area contributed by atoms with Gasteiger partial charge in [0.25, 0.3) is 0 Å². The van der Waals surface area contributed by atoms with E-state index in [0.29, 0.717) is 6.61 Å². The highest BCUT2D eigenvalue weighted by Gasteiger charge is 2.18. The normalized spacial score (nSPS) is 17.1. The minimum Gasteiger partial charge on any atom is -0.492 e. The maximum Gasteiger partial charge on any atom is 0.317 e. The van der Waals surface area contributed by atoms with Crippen molar-refractivity contribution in [2.75, 3.05) is 45.9 Å². The number of rotatable bonds is 6. The molecule has 0 aromatic heterocycles. The molecule has 5 heteroatoms. The average Bonchev–Trinajstić information content (AvgIpc) is 2.40. The van der Waals surface area contributed by atoms with Crippen molar-refractivity contribution in [2.45, 2.75) is 6.92 Å². The molecule has 1 N–H and O–H groups in total. The molecule has 1 aliphatic heterocycles. The Hall–Kier alpha value is -1.59. The summed E-state index contributed by atoms with van der Waals surface area (Å²) in [5.74, 6) is 0.163. The number of ether oxygens (including phenoxy) is 1. The van der Waals surface area contributed by atoms with Crippen molar-refractivity contribution in [1.29, 1.82) is 0 Å². The molecule has 20 heavy (non-hydrogen) atoms. The van der Waals surface area contributed by atoms with Gasteiger partial charge in [-0.15, -0.1) is 0 Å². The van der Waals surface area contributed by atoms with Crippen molar-refractivity contribution < 1.29 is 14.6 Å². The Morgan fingerprint density at radius 1 is 1.25 bits per heavy atom. The summed E-state index contributed by atoms with van der Waals surface area (Å²) in [6.07, 6.45) is 0. The lowest BCUT2D eigenvalue weighted by atomic mass is 10.2. The fourth-order valence-corrected chi connectivity index (χ4v) is 2.36. The number of carboxylic acids is 1. The lowest BCUT2D eigenvalue weighted by Crippen LogP contribution is -2.48. The number of benzene rings is 1. The second-order valence-corrected chi connectivity index (χ2v) is 5.18. The molecule has 0 amide bonds. The van der Waals surface area contributed by atoms with Crippen LogP contribution in [0.25, 0.3) is 0 Å². The van der Waals surface area contributed by atoms with E-state index < -0.39 is 5.97 Å². The second-order valence-electron chi connectivity index (χ2n) is 5.18. The Morgan fingerprint density at radius 3 is 2.60 bits per heavy atom. The monoisotopic (exact) mass is 278 g/mol. The van der Waals surface area contributed by atoms with Crippen molar-refractivity contribution in [3.8, 4) is 5.75 Å². The Labute approximate surface area is 119 Å². The molecular weight excluding hydrogens is 256 g/mol. The summed E-state index contributed by atoms with van der Waals surface area (Å²) < 4.78 is 5.73. The number of aliphatic carboxylic acids is 1. The summed E-state index contributed by atoms with van der Waals surface area (Å²) in [6, 6.07) is 8.05. The van der Waals surface area contributed by atoms with E-state index in [4.69, 9.17) is 9.84 Å². The number of hydrogen-bond donors (Lipinski definition) is 1. The predicted octanol–water partition coefficient (Wildman–Crippen LogP) is 1.08. The van der Waals surface area contributed by atoms with E-state index in [-0.39, 0.29) is 6.54 Å². The van der Waals surface area contributed by atoms with Gasteiger partial charge in [0.05, 0.1) is 6.54 Å². The molecule has 0 radical (unpaired) electrons. The smallest absolute Gasteiger partial charge is 0.317 e. The quantitative estimate of drug-likeness (QED) is 0.844. The van der Waals surface area contributed by atoms with Gasteiger partial charge in [0, 0.05) is 32.7 Å². The summed E-state index contributed by atoms with van der Waals surface area (Å²) in [6.45, 7) is 7.20. The van der Waals surface area contributed by atoms with Gasteiger partial charge >= 0.3 is 5.97 Å². The number of piperazine rings is 1. The molecule has 5 nitrogen and oxygen atoms in total. The van der Waals surface area contributed by atoms with Crippen LogP contribution in [0.15, 0.2) is 24.3 Å². The molecule has 0 aliphatic carbocycles. The second kappa shape index (κ2) is 7.26. The lowest BCUT2D eigenvalue weighted by molar-refractivity contribution is -0.138. The minimum atomic E-state index is -0.749. The van der Waals surface area contributed by atoms with Crippen molar-refractivity contribution in [3.63, 3.8) is 0 Å². The third kappa shape index (κ3) is 4.83. The Balaban J connectivity index is 1.65. The zero-order valence-electron chi connectivity index (χ0n) is 11.9. The van der Waals surface area contributed by atoms with Crippen LogP contribution in [0, 0.1) is 6.92 Å². The van der Waals surface area contributed by atoms with E-state index in [0.717, 1.165) is 38.5 Å². The number of aryl methyl sites for hydroxylation is 1. The van der Waals surface area contributed by atoms with E-state index in [1.165, 1.54) is 5.56 Å². The Morgan fingerprint density at radius 2 is 1.95 bits per heavy atom. The number of nitrogens with zero attached hydrogens (tertiary/aromatic N) is 2. The van der Waals surface area contributed by atoms with Crippen LogP contribution in [0.4, 0.5) is 0 Å². The molecule has 1 aliphatic rings. The number of carbonyl (C=O) groups is 1. The molecule has 1 aromatic rings. The first-order valence-corrected chi connectivity index (χ1v) is 6.99. The first-order valence-electron chi connectivity index (χ1n) is 6.99. The van der Waals surface area contributed by atoms with Crippen LogP contribution in [0.5, 0.6) is 5.75 Å². The van der Waals surface area contributed by atoms with Gasteiger partial charge in [0.1, 0.15) is 12.4 Å². The average molecular weight is 278 g/mol. The van der Waals surface area contributed by atoms with E-state index in [9.17, 15) is 4.79 Å². The predicted molar refractivity (Wildman–Crippen MR) is 77.2 cm³/mol. The molecule has 2 rings (SSSR count). The molecule has 110 valence electrons. The molecular formula is C15H22N2O3. The van der Waals surface area contributed by atoms with Crippen LogP contribution < -0.4 is 4.74 Å². The maximum atomic E-state index is 10.6. The van der Waals surface area contributed by atoms with Crippen molar-refractivity contribution in [3.05, 3.63) is 29.8 Å². The van der Waals surface area contributed by atoms with E-state index in [1.807, 2.05) is 23.1 Å². The van der Waals surface area contributed by atoms with Crippen molar-refractivity contribution >= 4 is 5.97 Å². The number of hydrogen-bond acceptors (Lipinski definition) is 4. The summed E-state index contributed by atoms with van der Waals surface area (Å²) in [5, 5.41) is 8.75. The van der Waals surface area contributed by atoms with Gasteiger partial charge in [-0.25, -0.2) is 0 Å². The maximum absolute atomic E-state index is 10.6. The van der Waals surface area contributed by atoms with Gasteiger partial charge in [-0.2, -0.15) is 0 Å². The Kier molecular flexibility index (Phi) is 5.38. The fraction of sp³-hybridized carbons (Fsp3) is 0.533. The number of carboxylic acid groups (broad SMARTS) is 1. The summed E-state index contributed by atoms with van der Waals surface area (Å²) in [5.41, 5.74) is 1.20. The van der Waals surface area contributed by atoms with Crippen molar-refractivity contribution in [2.24, 2.45) is 0 Å². The largest absolute Gasteiger partial charge is 0.492 e. The highest BCUT2D eigenvalue weighted by Crippen LogP contribution is 2.12. The third-order valence-corrected chi connectivity index (χ3v) is 3.49. The first-order chi connectivity index (χ1) is 9.63. The van der Waals surface area contributed by atoms with Gasteiger partial charge < -0.3 is 9.84 Å². The van der Waals surface area contributed by atoms with E-state index in [1.54, 1.807) is 0 Å². The molecule has 0 unspecified atom stereocenters. The van der Waals surface area contributed by atoms with Crippen LogP contribution in [-0.2, 0) is 4.79 Å². The summed E-state index contributed by atoms with van der Waals surface area (Å²) >= 11 is 0. The first kappa shape index (κ1) is 14.8. The van der Waals surface area contributed by atoms with E-state index >= 15 is 0 Å². The molecule has 1 fully saturated rings. The highest BCUT2D eigenvalue weighted by molar-refractivity contribution is 5.69. The molecule has 1 aromatic carbocycles. The molecule has 1 saturated heterocycles. The van der Waals surface area contributed by atoms with Crippen LogP contribution in [0.3, 0.4) is 0 Å². The molecule has 1 heterocycles. The van der Waals surface area contributed by atoms with Gasteiger partial charge in [-0.05, 0) is 24.6 Å². The molecule has 0 spiro atoms. The van der Waals surface area contributed by atoms with Crippen LogP contribution in [-0.4, -0.2) is 66.8 Å². The lowest BCUT2D eigenvalue weighted by Gasteiger charge is -2.33. The van der Waals surface area contributed by atoms with Crippen molar-refractivity contribution in [1.82, 2.24) is 9.80 Å². The van der Waals surface area contributed by atoms with Crippen LogP contribution in [0.2, 0.25) is 0 Å². The van der Waals surface area contributed by atoms with Gasteiger partial charge in [-0.3, -0.25) is 14.6 Å². The van der Waals surface area contributed by atoms with Crippen LogP contribution in [0.1, 0.15) is 5.56 Å². The molecule has 0 bridgehead atoms. The molecule has 0 saturated carbocycles. The topological polar surface area (TPSA) is 53.0 Å². The summed E-state index contributed by atoms with van der Waals surface area (Å²) in [4.78, 5) is 14.9. The van der Waals surface area contributed by atoms with Crippen LogP contribution >= 0.6 is 0 Å². The zero-order chi connectivity index (χ0) is 14.4. The standard InChI is InChI=1S/C15H22N2O3/c1-13-3-2-4-14(11-13)20-10-9-16-5-7-17(8-6-16)12-15(18)19/h2-4,11H,5-10,12H2,1H3,(H,18,19). The summed E-state index contributed by atoms with van der Waals surface area (Å²) in [7, 11) is 0. The Bertz CT molecular complexity index is 442. The minimum absolute atomic E-state index is 0.146. The van der Waals surface area contributed by atoms with Gasteiger partial charge in [0.15, 0.2) is 0 Å². The highest BCUT2D eigenvalue weighted by atomic mass is 16.5. The van der Waals surface area contributed by atoms with Gasteiger partial charge in [-0.1, -0.05) is 12.1 Å². The van der Waals surface area contributed by atoms with E-state index in [2.05, 4.69) is 17.9 Å². The van der Waals surface area contributed by atoms with Gasteiger partial charge in [0.2, 0.25) is 0 Å². The molecule has 0 atom stereocenters.